The van der Waals surface area contributed by atoms with E-state index in [1.54, 1.807) is 0 Å². The maximum atomic E-state index is 13.4. The van der Waals surface area contributed by atoms with Gasteiger partial charge in [0.25, 0.3) is 0 Å². The van der Waals surface area contributed by atoms with Crippen LogP contribution in [0, 0.1) is 11.6 Å². The molecule has 0 aromatic heterocycles. The molecule has 4 N–H and O–H groups in total. The van der Waals surface area contributed by atoms with Crippen molar-refractivity contribution in [1.82, 2.24) is 0 Å². The second kappa shape index (κ2) is 5.11. The van der Waals surface area contributed by atoms with E-state index in [0.29, 0.717) is 4.47 Å². The summed E-state index contributed by atoms with van der Waals surface area (Å²) in [5.74, 6) is -1.68. The Kier molecular flexibility index (Phi) is 4.05. The van der Waals surface area contributed by atoms with Crippen LogP contribution in [0.2, 0.25) is 0 Å². The second-order valence-electron chi connectivity index (χ2n) is 3.14. The second-order valence-corrected chi connectivity index (χ2v) is 4.05. The lowest BCUT2D eigenvalue weighted by atomic mass is 10.2. The molecule has 4 nitrogen and oxygen atoms in total. The highest BCUT2D eigenvalue weighted by Crippen LogP contribution is 2.24. The van der Waals surface area contributed by atoms with Crippen molar-refractivity contribution in [2.75, 3.05) is 5.32 Å². The minimum atomic E-state index is -0.760. The molecule has 0 saturated carbocycles. The van der Waals surface area contributed by atoms with Crippen LogP contribution in [0.1, 0.15) is 6.92 Å². The molecule has 1 aromatic carbocycles. The number of hydrogen-bond donors (Lipinski definition) is 3. The van der Waals surface area contributed by atoms with Crippen LogP contribution >= 0.6 is 15.9 Å². The standard InChI is InChI=1S/C9H10BrF2N3O/c1-4(9(13)15-16)14-8-6(11)2-5(10)3-7(8)12/h2-4,14,16H,1H3,(H2,13,15). The number of nitrogens with zero attached hydrogens (tertiary/aromatic N) is 1. The maximum absolute atomic E-state index is 13.4. The average Bonchev–Trinajstić information content (AvgIpc) is 2.21. The Hall–Kier alpha value is -1.37. The number of halogens is 3. The van der Waals surface area contributed by atoms with Crippen molar-refractivity contribution in [3.63, 3.8) is 0 Å². The van der Waals surface area contributed by atoms with Gasteiger partial charge in [0, 0.05) is 4.47 Å². The first-order valence-corrected chi connectivity index (χ1v) is 5.13. The van der Waals surface area contributed by atoms with E-state index in [9.17, 15) is 8.78 Å². The monoisotopic (exact) mass is 293 g/mol. The Balaban J connectivity index is 2.98. The maximum Gasteiger partial charge on any atom is 0.161 e. The molecule has 0 heterocycles. The number of oxime groups is 1. The zero-order valence-corrected chi connectivity index (χ0v) is 9.92. The quantitative estimate of drug-likeness (QED) is 0.346. The smallest absolute Gasteiger partial charge is 0.161 e. The molecule has 7 heteroatoms. The fourth-order valence-electron chi connectivity index (χ4n) is 1.06. The molecule has 0 amide bonds. The van der Waals surface area contributed by atoms with Crippen molar-refractivity contribution in [2.24, 2.45) is 10.9 Å². The van der Waals surface area contributed by atoms with Crippen LogP contribution < -0.4 is 11.1 Å². The van der Waals surface area contributed by atoms with E-state index in [0.717, 1.165) is 12.1 Å². The summed E-state index contributed by atoms with van der Waals surface area (Å²) in [6.07, 6.45) is 0. The van der Waals surface area contributed by atoms with Crippen LogP contribution in [0.5, 0.6) is 0 Å². The van der Waals surface area contributed by atoms with Crippen molar-refractivity contribution in [3.8, 4) is 0 Å². The average molecular weight is 294 g/mol. The number of amidine groups is 1. The fourth-order valence-corrected chi connectivity index (χ4v) is 1.46. The van der Waals surface area contributed by atoms with Crippen LogP contribution in [0.3, 0.4) is 0 Å². The molecule has 0 aliphatic carbocycles. The van der Waals surface area contributed by atoms with E-state index in [2.05, 4.69) is 26.4 Å². The summed E-state index contributed by atoms with van der Waals surface area (Å²) in [6, 6.07) is 1.55. The molecule has 0 saturated heterocycles. The number of anilines is 1. The number of hydrogen-bond acceptors (Lipinski definition) is 3. The molecule has 1 aromatic rings. The third kappa shape index (κ3) is 2.82. The Morgan fingerprint density at radius 3 is 2.44 bits per heavy atom. The van der Waals surface area contributed by atoms with Gasteiger partial charge in [0.15, 0.2) is 5.84 Å². The topological polar surface area (TPSA) is 70.6 Å². The van der Waals surface area contributed by atoms with Gasteiger partial charge in [-0.2, -0.15) is 0 Å². The van der Waals surface area contributed by atoms with Crippen molar-refractivity contribution in [3.05, 3.63) is 28.2 Å². The lowest BCUT2D eigenvalue weighted by Gasteiger charge is -2.15. The van der Waals surface area contributed by atoms with E-state index in [1.165, 1.54) is 6.92 Å². The summed E-state index contributed by atoms with van der Waals surface area (Å²) >= 11 is 2.96. The van der Waals surface area contributed by atoms with Gasteiger partial charge in [-0.3, -0.25) is 0 Å². The Morgan fingerprint density at radius 2 is 2.00 bits per heavy atom. The van der Waals surface area contributed by atoms with Crippen LogP contribution in [-0.2, 0) is 0 Å². The minimum Gasteiger partial charge on any atom is -0.409 e. The molecule has 1 atom stereocenters. The van der Waals surface area contributed by atoms with Crippen molar-refractivity contribution >= 4 is 27.5 Å². The number of benzene rings is 1. The molecule has 0 radical (unpaired) electrons. The van der Waals surface area contributed by atoms with Gasteiger partial charge in [-0.1, -0.05) is 21.1 Å². The first-order valence-electron chi connectivity index (χ1n) is 4.34. The SMILES string of the molecule is CC(Nc1c(F)cc(Br)cc1F)C(N)=NO. The summed E-state index contributed by atoms with van der Waals surface area (Å²) in [6.45, 7) is 1.51. The van der Waals surface area contributed by atoms with Crippen LogP contribution in [0.15, 0.2) is 21.8 Å². The van der Waals surface area contributed by atoms with E-state index in [-0.39, 0.29) is 11.5 Å². The number of rotatable bonds is 3. The molecule has 0 spiro atoms. The van der Waals surface area contributed by atoms with Gasteiger partial charge < -0.3 is 16.3 Å². The van der Waals surface area contributed by atoms with E-state index < -0.39 is 17.7 Å². The van der Waals surface area contributed by atoms with E-state index >= 15 is 0 Å². The highest BCUT2D eigenvalue weighted by atomic mass is 79.9. The molecule has 0 fully saturated rings. The third-order valence-electron chi connectivity index (χ3n) is 1.93. The third-order valence-corrected chi connectivity index (χ3v) is 2.38. The molecule has 1 unspecified atom stereocenters. The van der Waals surface area contributed by atoms with E-state index in [1.807, 2.05) is 0 Å². The molecular weight excluding hydrogens is 284 g/mol. The van der Waals surface area contributed by atoms with Gasteiger partial charge in [0.2, 0.25) is 0 Å². The zero-order valence-electron chi connectivity index (χ0n) is 8.34. The Bertz CT molecular complexity index is 402. The van der Waals surface area contributed by atoms with Gasteiger partial charge in [0.05, 0.1) is 6.04 Å². The highest BCUT2D eigenvalue weighted by Gasteiger charge is 2.15. The molecule has 0 aliphatic rings. The Labute approximate surface area is 99.3 Å². The molecule has 0 aliphatic heterocycles. The molecule has 1 rings (SSSR count). The van der Waals surface area contributed by atoms with Crippen molar-refractivity contribution in [1.29, 1.82) is 0 Å². The first-order chi connectivity index (χ1) is 7.45. The summed E-state index contributed by atoms with van der Waals surface area (Å²) in [5.41, 5.74) is 4.96. The van der Waals surface area contributed by atoms with Crippen LogP contribution in [0.4, 0.5) is 14.5 Å². The first kappa shape index (κ1) is 12.7. The van der Waals surface area contributed by atoms with Gasteiger partial charge in [-0.05, 0) is 19.1 Å². The normalized spacial score (nSPS) is 13.6. The molecule has 0 bridgehead atoms. The van der Waals surface area contributed by atoms with Gasteiger partial charge in [-0.25, -0.2) is 8.78 Å². The zero-order chi connectivity index (χ0) is 12.3. The van der Waals surface area contributed by atoms with E-state index in [4.69, 9.17) is 10.9 Å². The molecule has 88 valence electrons. The predicted molar refractivity (Wildman–Crippen MR) is 60.6 cm³/mol. The minimum absolute atomic E-state index is 0.165. The highest BCUT2D eigenvalue weighted by molar-refractivity contribution is 9.10. The summed E-state index contributed by atoms with van der Waals surface area (Å²) in [7, 11) is 0. The van der Waals surface area contributed by atoms with Crippen molar-refractivity contribution in [2.45, 2.75) is 13.0 Å². The van der Waals surface area contributed by atoms with Crippen LogP contribution in [0.25, 0.3) is 0 Å². The molecular formula is C9H10BrF2N3O. The lowest BCUT2D eigenvalue weighted by molar-refractivity contribution is 0.316. The summed E-state index contributed by atoms with van der Waals surface area (Å²) in [5, 5.41) is 13.6. The predicted octanol–water partition coefficient (Wildman–Crippen LogP) is 2.27. The van der Waals surface area contributed by atoms with Gasteiger partial charge in [0.1, 0.15) is 17.3 Å². The van der Waals surface area contributed by atoms with Gasteiger partial charge in [-0.15, -0.1) is 0 Å². The van der Waals surface area contributed by atoms with Crippen LogP contribution in [-0.4, -0.2) is 17.1 Å². The Morgan fingerprint density at radius 1 is 1.50 bits per heavy atom. The molecule has 16 heavy (non-hydrogen) atoms. The summed E-state index contributed by atoms with van der Waals surface area (Å²) < 4.78 is 27.0. The number of nitrogens with two attached hydrogens (primary N) is 1. The fraction of sp³-hybridized carbons (Fsp3) is 0.222. The van der Waals surface area contributed by atoms with Gasteiger partial charge >= 0.3 is 0 Å². The lowest BCUT2D eigenvalue weighted by Crippen LogP contribution is -2.33. The largest absolute Gasteiger partial charge is 0.409 e. The number of nitrogens with one attached hydrogen (secondary N) is 1. The summed E-state index contributed by atoms with van der Waals surface area (Å²) in [4.78, 5) is 0. The van der Waals surface area contributed by atoms with Crippen molar-refractivity contribution < 1.29 is 14.0 Å².